The molecule has 0 saturated carbocycles. The molecule has 1 aromatic carbocycles. The van der Waals surface area contributed by atoms with Gasteiger partial charge in [0.25, 0.3) is 5.56 Å². The molecule has 0 radical (unpaired) electrons. The van der Waals surface area contributed by atoms with Gasteiger partial charge >= 0.3 is 0 Å². The number of nitrogens with one attached hydrogen (secondary N) is 1. The lowest BCUT2D eigenvalue weighted by atomic mass is 9.83. The second kappa shape index (κ2) is 8.83. The number of Topliss-reactive ketones (excluding diaryl/α,β-unsaturated/α-hetero) is 1. The highest BCUT2D eigenvalue weighted by Crippen LogP contribution is 2.39. The number of rotatable bonds is 4. The molecule has 1 aromatic heterocycles. The van der Waals surface area contributed by atoms with E-state index in [9.17, 15) is 14.4 Å². The van der Waals surface area contributed by atoms with Gasteiger partial charge < -0.3 is 24.3 Å². The molecule has 1 amide bonds. The summed E-state index contributed by atoms with van der Waals surface area (Å²) in [7, 11) is 0. The number of carbonyl (C=O) groups is 2. The number of pyridine rings is 1. The van der Waals surface area contributed by atoms with Gasteiger partial charge in [-0.3, -0.25) is 14.4 Å². The number of fused-ring (bicyclic) bond motifs is 5. The highest BCUT2D eigenvalue weighted by Gasteiger charge is 2.35. The van der Waals surface area contributed by atoms with Gasteiger partial charge in [-0.2, -0.15) is 0 Å². The molecule has 3 aliphatic heterocycles. The Morgan fingerprint density at radius 3 is 2.88 bits per heavy atom. The quantitative estimate of drug-likeness (QED) is 0.522. The molecule has 0 unspecified atom stereocenters. The van der Waals surface area contributed by atoms with Crippen LogP contribution < -0.4 is 20.3 Å². The van der Waals surface area contributed by atoms with Crippen molar-refractivity contribution in [3.8, 4) is 11.5 Å². The Kier molecular flexibility index (Phi) is 5.88. The van der Waals surface area contributed by atoms with Gasteiger partial charge in [0.05, 0.1) is 11.3 Å². The van der Waals surface area contributed by atoms with Gasteiger partial charge in [-0.1, -0.05) is 30.0 Å². The number of hydrogen-bond acceptors (Lipinski definition) is 7. The number of ketones is 1. The molecule has 1 N–H and O–H groups in total. The summed E-state index contributed by atoms with van der Waals surface area (Å²) >= 11 is 6.96. The summed E-state index contributed by atoms with van der Waals surface area (Å²) in [5.74, 6) is 1.26. The maximum atomic E-state index is 12.6. The molecule has 4 heterocycles. The average Bonchev–Trinajstić information content (AvgIpc) is 3.26. The van der Waals surface area contributed by atoms with Crippen LogP contribution in [0.1, 0.15) is 35.3 Å². The van der Waals surface area contributed by atoms with Gasteiger partial charge in [-0.05, 0) is 31.4 Å². The minimum atomic E-state index is -0.218. The van der Waals surface area contributed by atoms with Crippen LogP contribution in [0.2, 0.25) is 0 Å². The summed E-state index contributed by atoms with van der Waals surface area (Å²) in [6.07, 6.45) is 1.05. The molecule has 33 heavy (non-hydrogen) atoms. The van der Waals surface area contributed by atoms with E-state index >= 15 is 0 Å². The van der Waals surface area contributed by atoms with Crippen LogP contribution in [0.25, 0.3) is 0 Å². The van der Waals surface area contributed by atoms with Gasteiger partial charge in [0.2, 0.25) is 12.7 Å². The Hall–Kier alpha value is -2.85. The zero-order valence-electron chi connectivity index (χ0n) is 18.0. The highest BCUT2D eigenvalue weighted by molar-refractivity contribution is 8.23. The SMILES string of the molecule is CC(=O)c1cc(NC(=O)CSC(=S)N2C[C@H]3C[C@@H](C2)c2cccc(=O)n2C3)cc2c1OCO2. The van der Waals surface area contributed by atoms with Crippen LogP contribution in [0.4, 0.5) is 5.69 Å². The van der Waals surface area contributed by atoms with Gasteiger partial charge in [0.1, 0.15) is 4.32 Å². The predicted molar refractivity (Wildman–Crippen MR) is 129 cm³/mol. The van der Waals surface area contributed by atoms with Crippen molar-refractivity contribution in [2.75, 3.05) is 31.0 Å². The van der Waals surface area contributed by atoms with E-state index in [2.05, 4.69) is 10.2 Å². The van der Waals surface area contributed by atoms with Crippen LogP contribution in [0, 0.1) is 5.92 Å². The first-order valence-electron chi connectivity index (χ1n) is 10.7. The number of carbonyl (C=O) groups excluding carboxylic acids is 2. The second-order valence-corrected chi connectivity index (χ2v) is 10.1. The molecular weight excluding hydrogens is 462 g/mol. The van der Waals surface area contributed by atoms with Crippen LogP contribution in [-0.4, -0.2) is 51.1 Å². The number of benzene rings is 1. The van der Waals surface area contributed by atoms with Crippen molar-refractivity contribution in [3.63, 3.8) is 0 Å². The van der Waals surface area contributed by atoms with Gasteiger partial charge in [0, 0.05) is 49.1 Å². The number of amides is 1. The van der Waals surface area contributed by atoms with E-state index < -0.39 is 0 Å². The standard InChI is InChI=1S/C23H23N3O5S2/c1-13(27)17-6-16(7-19-22(17)31-12-30-19)24-20(28)11-33-23(32)25-8-14-5-15(10-25)18-3-2-4-21(29)26(18)9-14/h2-4,6-7,14-15H,5,8-12H2,1H3,(H,24,28)/t14-,15+/m1/s1. The maximum Gasteiger partial charge on any atom is 0.250 e. The van der Waals surface area contributed by atoms with Gasteiger partial charge in [-0.25, -0.2) is 0 Å². The molecule has 5 rings (SSSR count). The smallest absolute Gasteiger partial charge is 0.250 e. The Balaban J connectivity index is 1.20. The Morgan fingerprint density at radius 1 is 1.21 bits per heavy atom. The minimum Gasteiger partial charge on any atom is -0.453 e. The molecule has 172 valence electrons. The van der Waals surface area contributed by atoms with E-state index in [1.165, 1.54) is 18.7 Å². The molecule has 0 aliphatic carbocycles. The Bertz CT molecular complexity index is 1210. The summed E-state index contributed by atoms with van der Waals surface area (Å²) < 4.78 is 13.3. The first-order chi connectivity index (χ1) is 15.9. The first-order valence-corrected chi connectivity index (χ1v) is 12.1. The van der Waals surface area contributed by atoms with Crippen molar-refractivity contribution in [1.29, 1.82) is 0 Å². The molecule has 1 fully saturated rings. The van der Waals surface area contributed by atoms with Crippen molar-refractivity contribution in [1.82, 2.24) is 9.47 Å². The number of nitrogens with zero attached hydrogens (tertiary/aromatic N) is 2. The largest absolute Gasteiger partial charge is 0.453 e. The van der Waals surface area contributed by atoms with Crippen molar-refractivity contribution < 1.29 is 19.1 Å². The van der Waals surface area contributed by atoms with E-state index in [4.69, 9.17) is 21.7 Å². The summed E-state index contributed by atoms with van der Waals surface area (Å²) in [4.78, 5) is 38.8. The number of piperidine rings is 1. The topological polar surface area (TPSA) is 89.9 Å². The maximum absolute atomic E-state index is 12.6. The lowest BCUT2D eigenvalue weighted by molar-refractivity contribution is -0.113. The van der Waals surface area contributed by atoms with Gasteiger partial charge in [0.15, 0.2) is 17.3 Å². The monoisotopic (exact) mass is 485 g/mol. The highest BCUT2D eigenvalue weighted by atomic mass is 32.2. The molecule has 2 atom stereocenters. The fourth-order valence-corrected chi connectivity index (χ4v) is 5.79. The minimum absolute atomic E-state index is 0.0497. The number of ether oxygens (including phenoxy) is 2. The third-order valence-corrected chi connectivity index (χ3v) is 7.72. The lowest BCUT2D eigenvalue weighted by Gasteiger charge is -2.43. The zero-order chi connectivity index (χ0) is 23.1. The summed E-state index contributed by atoms with van der Waals surface area (Å²) in [5.41, 5.74) is 1.98. The number of anilines is 1. The number of hydrogen-bond donors (Lipinski definition) is 1. The predicted octanol–water partition coefficient (Wildman–Crippen LogP) is 2.86. The molecule has 0 spiro atoms. The molecular formula is C23H23N3O5S2. The molecule has 3 aliphatic rings. The van der Waals surface area contributed by atoms with E-state index in [0.717, 1.165) is 25.2 Å². The van der Waals surface area contributed by atoms with E-state index in [-0.39, 0.29) is 35.7 Å². The number of aromatic nitrogens is 1. The molecule has 10 heteroatoms. The number of thioether (sulfide) groups is 1. The van der Waals surface area contributed by atoms with Crippen LogP contribution in [0.3, 0.4) is 0 Å². The van der Waals surface area contributed by atoms with Crippen molar-refractivity contribution in [2.24, 2.45) is 5.92 Å². The molecule has 8 nitrogen and oxygen atoms in total. The average molecular weight is 486 g/mol. The number of likely N-dealkylation sites (tertiary alicyclic amines) is 1. The zero-order valence-corrected chi connectivity index (χ0v) is 19.7. The summed E-state index contributed by atoms with van der Waals surface area (Å²) in [5, 5.41) is 2.82. The normalized spacial score (nSPS) is 20.2. The fourth-order valence-electron chi connectivity index (χ4n) is 4.81. The fraction of sp³-hybridized carbons (Fsp3) is 0.391. The van der Waals surface area contributed by atoms with Crippen molar-refractivity contribution >= 4 is 45.7 Å². The van der Waals surface area contributed by atoms with Crippen LogP contribution in [-0.2, 0) is 11.3 Å². The second-order valence-electron chi connectivity index (χ2n) is 8.52. The van der Waals surface area contributed by atoms with Crippen molar-refractivity contribution in [3.05, 3.63) is 51.9 Å². The Morgan fingerprint density at radius 2 is 2.06 bits per heavy atom. The van der Waals surface area contributed by atoms with Crippen LogP contribution in [0.5, 0.6) is 11.5 Å². The Labute approximate surface area is 200 Å². The lowest BCUT2D eigenvalue weighted by Crippen LogP contribution is -2.48. The molecule has 2 aromatic rings. The first kappa shape index (κ1) is 22.0. The van der Waals surface area contributed by atoms with Crippen LogP contribution >= 0.6 is 24.0 Å². The third kappa shape index (κ3) is 4.37. The molecule has 1 saturated heterocycles. The van der Waals surface area contributed by atoms with E-state index in [0.29, 0.717) is 39.5 Å². The van der Waals surface area contributed by atoms with E-state index in [1.807, 2.05) is 16.7 Å². The van der Waals surface area contributed by atoms with Gasteiger partial charge in [-0.15, -0.1) is 0 Å². The summed E-state index contributed by atoms with van der Waals surface area (Å²) in [6.45, 7) is 3.73. The van der Waals surface area contributed by atoms with Crippen molar-refractivity contribution in [2.45, 2.75) is 25.8 Å². The summed E-state index contributed by atoms with van der Waals surface area (Å²) in [6, 6.07) is 8.71. The molecule has 2 bridgehead atoms. The van der Waals surface area contributed by atoms with Crippen LogP contribution in [0.15, 0.2) is 35.1 Å². The number of thiocarbonyl (C=S) groups is 1. The third-order valence-electron chi connectivity index (χ3n) is 6.20. The van der Waals surface area contributed by atoms with E-state index in [1.54, 1.807) is 18.2 Å².